The minimum absolute atomic E-state index is 0.0491. The van der Waals surface area contributed by atoms with Crippen molar-refractivity contribution in [1.29, 1.82) is 0 Å². The molecule has 98 valence electrons. The van der Waals surface area contributed by atoms with E-state index in [2.05, 4.69) is 16.0 Å². The third kappa shape index (κ3) is 5.17. The predicted octanol–water partition coefficient (Wildman–Crippen LogP) is 0.159. The molecule has 1 rings (SSSR count). The van der Waals surface area contributed by atoms with Gasteiger partial charge in [0.05, 0.1) is 0 Å². The molecule has 0 aromatic carbocycles. The van der Waals surface area contributed by atoms with Crippen molar-refractivity contribution in [3.05, 3.63) is 0 Å². The highest BCUT2D eigenvalue weighted by molar-refractivity contribution is 5.87. The van der Waals surface area contributed by atoms with E-state index in [1.54, 1.807) is 0 Å². The van der Waals surface area contributed by atoms with Crippen LogP contribution in [0.2, 0.25) is 0 Å². The van der Waals surface area contributed by atoms with E-state index in [4.69, 9.17) is 0 Å². The maximum Gasteiger partial charge on any atom is 0.242 e. The van der Waals surface area contributed by atoms with Gasteiger partial charge in [0, 0.05) is 19.0 Å². The van der Waals surface area contributed by atoms with Crippen LogP contribution in [-0.4, -0.2) is 37.0 Å². The number of amides is 2. The van der Waals surface area contributed by atoms with E-state index >= 15 is 0 Å². The first-order chi connectivity index (χ1) is 8.13. The first-order valence-electron chi connectivity index (χ1n) is 6.44. The summed E-state index contributed by atoms with van der Waals surface area (Å²) in [5.41, 5.74) is 0. The van der Waals surface area contributed by atoms with E-state index in [1.807, 2.05) is 13.8 Å². The summed E-state index contributed by atoms with van der Waals surface area (Å²) in [6, 6.07) is -0.201. The minimum atomic E-state index is -0.348. The number of carbonyl (C=O) groups excluding carboxylic acids is 2. The fourth-order valence-electron chi connectivity index (χ4n) is 2.03. The van der Waals surface area contributed by atoms with Crippen LogP contribution in [0.3, 0.4) is 0 Å². The quantitative estimate of drug-likeness (QED) is 0.642. The van der Waals surface area contributed by atoms with E-state index in [1.165, 1.54) is 0 Å². The number of nitrogens with one attached hydrogen (secondary N) is 3. The van der Waals surface area contributed by atoms with Gasteiger partial charge in [-0.25, -0.2) is 0 Å². The molecule has 2 unspecified atom stereocenters. The molecular formula is C12H23N3O2. The fraction of sp³-hybridized carbons (Fsp3) is 0.833. The monoisotopic (exact) mass is 241 g/mol. The van der Waals surface area contributed by atoms with Crippen LogP contribution in [-0.2, 0) is 9.59 Å². The highest BCUT2D eigenvalue weighted by Gasteiger charge is 2.22. The minimum Gasteiger partial charge on any atom is -0.354 e. The standard InChI is InChI=1S/C12H23N3O2/c1-3-13-9(2)8-11(16)15-10-6-4-5-7-14-12(10)17/h9-10,13H,3-8H2,1-2H3,(H,14,17)(H,15,16). The summed E-state index contributed by atoms with van der Waals surface area (Å²) in [4.78, 5) is 23.3. The van der Waals surface area contributed by atoms with Crippen LogP contribution in [0.15, 0.2) is 0 Å². The van der Waals surface area contributed by atoms with Crippen molar-refractivity contribution in [2.75, 3.05) is 13.1 Å². The summed E-state index contributed by atoms with van der Waals surface area (Å²) in [5.74, 6) is -0.104. The molecular weight excluding hydrogens is 218 g/mol. The van der Waals surface area contributed by atoms with Crippen LogP contribution in [0.1, 0.15) is 39.5 Å². The summed E-state index contributed by atoms with van der Waals surface area (Å²) in [5, 5.41) is 8.79. The van der Waals surface area contributed by atoms with Gasteiger partial charge in [0.2, 0.25) is 11.8 Å². The van der Waals surface area contributed by atoms with Gasteiger partial charge < -0.3 is 16.0 Å². The molecule has 2 amide bonds. The number of hydrogen-bond donors (Lipinski definition) is 3. The zero-order valence-corrected chi connectivity index (χ0v) is 10.7. The topological polar surface area (TPSA) is 70.2 Å². The summed E-state index contributed by atoms with van der Waals surface area (Å²) in [6.45, 7) is 5.54. The lowest BCUT2D eigenvalue weighted by molar-refractivity contribution is -0.129. The average Bonchev–Trinajstić information content (AvgIpc) is 2.44. The van der Waals surface area contributed by atoms with Gasteiger partial charge in [-0.1, -0.05) is 6.92 Å². The van der Waals surface area contributed by atoms with Crippen molar-refractivity contribution >= 4 is 11.8 Å². The maximum atomic E-state index is 11.7. The van der Waals surface area contributed by atoms with E-state index < -0.39 is 0 Å². The fourth-order valence-corrected chi connectivity index (χ4v) is 2.03. The number of hydrogen-bond acceptors (Lipinski definition) is 3. The van der Waals surface area contributed by atoms with Gasteiger partial charge in [-0.3, -0.25) is 9.59 Å². The highest BCUT2D eigenvalue weighted by atomic mass is 16.2. The summed E-state index contributed by atoms with van der Waals surface area (Å²) >= 11 is 0. The molecule has 1 saturated heterocycles. The van der Waals surface area contributed by atoms with Crippen molar-refractivity contribution in [2.24, 2.45) is 0 Å². The Morgan fingerprint density at radius 2 is 2.29 bits per heavy atom. The molecule has 0 aromatic rings. The molecule has 2 atom stereocenters. The van der Waals surface area contributed by atoms with Crippen molar-refractivity contribution in [3.63, 3.8) is 0 Å². The SMILES string of the molecule is CCNC(C)CC(=O)NC1CCCCNC1=O. The smallest absolute Gasteiger partial charge is 0.242 e. The maximum absolute atomic E-state index is 11.7. The van der Waals surface area contributed by atoms with Gasteiger partial charge in [0.15, 0.2) is 0 Å². The molecule has 0 saturated carbocycles. The molecule has 0 aromatic heterocycles. The van der Waals surface area contributed by atoms with Crippen molar-refractivity contribution < 1.29 is 9.59 Å². The van der Waals surface area contributed by atoms with Crippen molar-refractivity contribution in [3.8, 4) is 0 Å². The van der Waals surface area contributed by atoms with E-state index in [0.29, 0.717) is 6.42 Å². The lowest BCUT2D eigenvalue weighted by atomic mass is 10.1. The second-order valence-electron chi connectivity index (χ2n) is 4.57. The number of carbonyl (C=O) groups is 2. The Morgan fingerprint density at radius 3 is 3.00 bits per heavy atom. The van der Waals surface area contributed by atoms with E-state index in [9.17, 15) is 9.59 Å². The zero-order valence-electron chi connectivity index (χ0n) is 10.7. The molecule has 1 aliphatic heterocycles. The summed E-state index contributed by atoms with van der Waals surface area (Å²) in [6.07, 6.45) is 3.13. The summed E-state index contributed by atoms with van der Waals surface area (Å²) in [7, 11) is 0. The Morgan fingerprint density at radius 1 is 1.53 bits per heavy atom. The molecule has 0 radical (unpaired) electrons. The highest BCUT2D eigenvalue weighted by Crippen LogP contribution is 2.05. The second-order valence-corrected chi connectivity index (χ2v) is 4.57. The molecule has 0 bridgehead atoms. The molecule has 1 heterocycles. The first-order valence-corrected chi connectivity index (χ1v) is 6.44. The third-order valence-electron chi connectivity index (χ3n) is 2.91. The van der Waals surface area contributed by atoms with Crippen LogP contribution in [0, 0.1) is 0 Å². The largest absolute Gasteiger partial charge is 0.354 e. The van der Waals surface area contributed by atoms with Crippen molar-refractivity contribution in [1.82, 2.24) is 16.0 Å². The average molecular weight is 241 g/mol. The van der Waals surface area contributed by atoms with Crippen LogP contribution >= 0.6 is 0 Å². The van der Waals surface area contributed by atoms with Gasteiger partial charge in [-0.15, -0.1) is 0 Å². The van der Waals surface area contributed by atoms with E-state index in [-0.39, 0.29) is 23.9 Å². The van der Waals surface area contributed by atoms with Crippen molar-refractivity contribution in [2.45, 2.75) is 51.6 Å². The Kier molecular flexibility index (Phi) is 5.97. The van der Waals surface area contributed by atoms with Gasteiger partial charge in [-0.05, 0) is 32.7 Å². The molecule has 1 fully saturated rings. The lowest BCUT2D eigenvalue weighted by Gasteiger charge is -2.17. The molecule has 5 heteroatoms. The lowest BCUT2D eigenvalue weighted by Crippen LogP contribution is -2.46. The molecule has 0 aliphatic carbocycles. The van der Waals surface area contributed by atoms with Gasteiger partial charge in [0.1, 0.15) is 6.04 Å². The molecule has 17 heavy (non-hydrogen) atoms. The van der Waals surface area contributed by atoms with Crippen LogP contribution < -0.4 is 16.0 Å². The van der Waals surface area contributed by atoms with Gasteiger partial charge >= 0.3 is 0 Å². The van der Waals surface area contributed by atoms with Crippen LogP contribution in [0.5, 0.6) is 0 Å². The molecule has 3 N–H and O–H groups in total. The third-order valence-corrected chi connectivity index (χ3v) is 2.91. The van der Waals surface area contributed by atoms with Gasteiger partial charge in [-0.2, -0.15) is 0 Å². The molecule has 5 nitrogen and oxygen atoms in total. The van der Waals surface area contributed by atoms with Crippen LogP contribution in [0.25, 0.3) is 0 Å². The predicted molar refractivity (Wildman–Crippen MR) is 66.5 cm³/mol. The first kappa shape index (κ1) is 14.0. The zero-order chi connectivity index (χ0) is 12.7. The van der Waals surface area contributed by atoms with Gasteiger partial charge in [0.25, 0.3) is 0 Å². The Labute approximate surface area is 103 Å². The van der Waals surface area contributed by atoms with E-state index in [0.717, 1.165) is 32.4 Å². The Hall–Kier alpha value is -1.10. The normalized spacial score (nSPS) is 22.5. The molecule has 0 spiro atoms. The second kappa shape index (κ2) is 7.27. The Balaban J connectivity index is 2.35. The van der Waals surface area contributed by atoms with Crippen LogP contribution in [0.4, 0.5) is 0 Å². The summed E-state index contributed by atoms with van der Waals surface area (Å²) < 4.78 is 0. The molecule has 1 aliphatic rings. The number of rotatable bonds is 5. The Bertz CT molecular complexity index is 268.